The fourth-order valence-corrected chi connectivity index (χ4v) is 2.82. The van der Waals surface area contributed by atoms with Crippen LogP contribution in [0.4, 0.5) is 0 Å². The van der Waals surface area contributed by atoms with E-state index in [4.69, 9.17) is 14.2 Å². The Hall–Kier alpha value is -2.62. The normalized spacial score (nSPS) is 18.1. The summed E-state index contributed by atoms with van der Waals surface area (Å²) in [7, 11) is 1.70. The highest BCUT2D eigenvalue weighted by atomic mass is 16.6. The number of ether oxygens (including phenoxy) is 3. The summed E-state index contributed by atoms with van der Waals surface area (Å²) in [4.78, 5) is 16.2. The molecule has 1 aliphatic heterocycles. The minimum absolute atomic E-state index is 0.141. The van der Waals surface area contributed by atoms with Crippen LogP contribution in [0.3, 0.4) is 0 Å². The van der Waals surface area contributed by atoms with Gasteiger partial charge in [-0.25, -0.2) is 4.79 Å². The van der Waals surface area contributed by atoms with Gasteiger partial charge in [0.1, 0.15) is 12.7 Å². The molecule has 1 saturated heterocycles. The largest absolute Gasteiger partial charge is 0.475 e. The van der Waals surface area contributed by atoms with E-state index in [1.54, 1.807) is 13.1 Å². The van der Waals surface area contributed by atoms with E-state index in [9.17, 15) is 4.79 Å². The van der Waals surface area contributed by atoms with Gasteiger partial charge in [-0.3, -0.25) is 4.57 Å². The summed E-state index contributed by atoms with van der Waals surface area (Å²) in [5.74, 6) is 7.31. The average Bonchev–Trinajstić information content (AvgIpc) is 3.60. The van der Waals surface area contributed by atoms with E-state index in [0.29, 0.717) is 38.2 Å². The minimum Gasteiger partial charge on any atom is -0.475 e. The zero-order valence-corrected chi connectivity index (χ0v) is 17.3. The highest BCUT2D eigenvalue weighted by Gasteiger charge is 2.18. The van der Waals surface area contributed by atoms with E-state index in [1.165, 1.54) is 17.4 Å². The smallest absolute Gasteiger partial charge is 0.351 e. The molecule has 1 aromatic heterocycles. The van der Waals surface area contributed by atoms with Gasteiger partial charge in [-0.2, -0.15) is 4.98 Å². The molecular weight excluding hydrogens is 368 g/mol. The molecule has 6 nitrogen and oxygen atoms in total. The molecule has 29 heavy (non-hydrogen) atoms. The molecule has 0 spiro atoms. The van der Waals surface area contributed by atoms with Gasteiger partial charge in [0.25, 0.3) is 0 Å². The van der Waals surface area contributed by atoms with E-state index in [1.807, 2.05) is 38.1 Å². The zero-order valence-electron chi connectivity index (χ0n) is 17.3. The molecule has 1 aromatic carbocycles. The molecule has 1 aliphatic carbocycles. The molecule has 1 saturated carbocycles. The standard InChI is InChI=1S/C21H22N2O4.C2H6/c1-23-19(17-8-6-16(7-9-17)5-4-15-2-3-15)12-20(22-21(23)24)27-14-18-13-25-10-11-26-18;1-2/h6-9,12,15,18H,2-3,10-11,13-14H2,1H3;1-2H3. The van der Waals surface area contributed by atoms with Gasteiger partial charge < -0.3 is 14.2 Å². The maximum absolute atomic E-state index is 12.2. The fraction of sp³-hybridized carbons (Fsp3) is 0.478. The fourth-order valence-electron chi connectivity index (χ4n) is 2.82. The molecule has 154 valence electrons. The molecule has 6 heteroatoms. The monoisotopic (exact) mass is 396 g/mol. The van der Waals surface area contributed by atoms with Gasteiger partial charge in [0, 0.05) is 24.6 Å². The molecule has 1 atom stereocenters. The van der Waals surface area contributed by atoms with Crippen LogP contribution in [-0.2, 0) is 16.5 Å². The van der Waals surface area contributed by atoms with Crippen molar-refractivity contribution in [2.75, 3.05) is 26.4 Å². The summed E-state index contributed by atoms with van der Waals surface area (Å²) >= 11 is 0. The van der Waals surface area contributed by atoms with Crippen LogP contribution >= 0.6 is 0 Å². The van der Waals surface area contributed by atoms with E-state index in [2.05, 4.69) is 16.8 Å². The molecule has 0 bridgehead atoms. The van der Waals surface area contributed by atoms with Crippen molar-refractivity contribution in [2.24, 2.45) is 13.0 Å². The number of rotatable bonds is 4. The molecule has 2 fully saturated rings. The summed E-state index contributed by atoms with van der Waals surface area (Å²) in [6.07, 6.45) is 2.29. The van der Waals surface area contributed by atoms with Crippen molar-refractivity contribution in [3.8, 4) is 29.0 Å². The topological polar surface area (TPSA) is 62.6 Å². The lowest BCUT2D eigenvalue weighted by molar-refractivity contribution is -0.102. The third-order valence-electron chi connectivity index (χ3n) is 4.60. The first-order valence-corrected chi connectivity index (χ1v) is 10.2. The predicted molar refractivity (Wildman–Crippen MR) is 112 cm³/mol. The third kappa shape index (κ3) is 5.93. The van der Waals surface area contributed by atoms with Crippen LogP contribution in [0.15, 0.2) is 35.1 Å². The molecule has 0 amide bonds. The Morgan fingerprint density at radius 2 is 1.97 bits per heavy atom. The Labute approximate surface area is 171 Å². The van der Waals surface area contributed by atoms with E-state index < -0.39 is 0 Å². The Bertz CT molecular complexity index is 915. The number of hydrogen-bond donors (Lipinski definition) is 0. The first kappa shape index (κ1) is 21.1. The van der Waals surface area contributed by atoms with Crippen molar-refractivity contribution in [2.45, 2.75) is 32.8 Å². The van der Waals surface area contributed by atoms with Crippen molar-refractivity contribution in [3.63, 3.8) is 0 Å². The van der Waals surface area contributed by atoms with Gasteiger partial charge in [-0.05, 0) is 30.5 Å². The number of nitrogens with zero attached hydrogens (tertiary/aromatic N) is 2. The molecule has 0 radical (unpaired) electrons. The number of aromatic nitrogens is 2. The number of benzene rings is 1. The van der Waals surface area contributed by atoms with E-state index in [-0.39, 0.29) is 11.8 Å². The lowest BCUT2D eigenvalue weighted by Crippen LogP contribution is -2.34. The molecule has 2 heterocycles. The highest BCUT2D eigenvalue weighted by molar-refractivity contribution is 5.61. The van der Waals surface area contributed by atoms with Crippen molar-refractivity contribution in [1.82, 2.24) is 9.55 Å². The van der Waals surface area contributed by atoms with Crippen LogP contribution < -0.4 is 10.4 Å². The Morgan fingerprint density at radius 1 is 1.21 bits per heavy atom. The van der Waals surface area contributed by atoms with Crippen LogP contribution in [0.1, 0.15) is 32.3 Å². The lowest BCUT2D eigenvalue weighted by Gasteiger charge is -2.22. The molecule has 2 aliphatic rings. The summed E-state index contributed by atoms with van der Waals surface area (Å²) in [6, 6.07) is 9.66. The quantitative estimate of drug-likeness (QED) is 0.744. The van der Waals surface area contributed by atoms with E-state index in [0.717, 1.165) is 16.8 Å². The molecule has 2 aromatic rings. The number of hydrogen-bond acceptors (Lipinski definition) is 5. The van der Waals surface area contributed by atoms with Gasteiger partial charge in [-0.15, -0.1) is 0 Å². The van der Waals surface area contributed by atoms with Crippen LogP contribution in [0.25, 0.3) is 11.3 Å². The first-order chi connectivity index (χ1) is 14.2. The Balaban J connectivity index is 0.00000117. The van der Waals surface area contributed by atoms with Crippen molar-refractivity contribution in [3.05, 3.63) is 46.4 Å². The zero-order chi connectivity index (χ0) is 20.6. The predicted octanol–water partition coefficient (Wildman–Crippen LogP) is 3.03. The average molecular weight is 396 g/mol. The van der Waals surface area contributed by atoms with Crippen LogP contribution in [0.2, 0.25) is 0 Å². The second-order valence-electron chi connectivity index (χ2n) is 6.82. The maximum Gasteiger partial charge on any atom is 0.351 e. The van der Waals surface area contributed by atoms with Gasteiger partial charge in [0.15, 0.2) is 0 Å². The van der Waals surface area contributed by atoms with Gasteiger partial charge in [0.2, 0.25) is 5.88 Å². The van der Waals surface area contributed by atoms with Crippen molar-refractivity contribution in [1.29, 1.82) is 0 Å². The Kier molecular flexibility index (Phi) is 7.45. The lowest BCUT2D eigenvalue weighted by atomic mass is 10.1. The van der Waals surface area contributed by atoms with Gasteiger partial charge in [-0.1, -0.05) is 37.8 Å². The minimum atomic E-state index is -0.360. The third-order valence-corrected chi connectivity index (χ3v) is 4.60. The molecular formula is C23H28N2O4. The maximum atomic E-state index is 12.2. The SMILES string of the molecule is CC.Cn1c(-c2ccc(C#CC3CC3)cc2)cc(OCC2COCCO2)nc1=O. The summed E-state index contributed by atoms with van der Waals surface area (Å²) < 4.78 is 18.1. The van der Waals surface area contributed by atoms with Gasteiger partial charge >= 0.3 is 5.69 Å². The van der Waals surface area contributed by atoms with E-state index >= 15 is 0 Å². The van der Waals surface area contributed by atoms with Crippen LogP contribution in [0, 0.1) is 17.8 Å². The van der Waals surface area contributed by atoms with Crippen molar-refractivity contribution < 1.29 is 14.2 Å². The van der Waals surface area contributed by atoms with Crippen LogP contribution in [-0.4, -0.2) is 42.1 Å². The Morgan fingerprint density at radius 3 is 2.62 bits per heavy atom. The molecule has 1 unspecified atom stereocenters. The molecule has 0 N–H and O–H groups in total. The van der Waals surface area contributed by atoms with Gasteiger partial charge in [0.05, 0.1) is 25.5 Å². The first-order valence-electron chi connectivity index (χ1n) is 10.2. The van der Waals surface area contributed by atoms with Crippen molar-refractivity contribution >= 4 is 0 Å². The second kappa shape index (κ2) is 10.2. The summed E-state index contributed by atoms with van der Waals surface area (Å²) in [6.45, 7) is 5.95. The summed E-state index contributed by atoms with van der Waals surface area (Å²) in [5, 5.41) is 0. The summed E-state index contributed by atoms with van der Waals surface area (Å²) in [5.41, 5.74) is 2.28. The highest BCUT2D eigenvalue weighted by Crippen LogP contribution is 2.27. The molecule has 4 rings (SSSR count). The second-order valence-corrected chi connectivity index (χ2v) is 6.82. The van der Waals surface area contributed by atoms with Crippen LogP contribution in [0.5, 0.6) is 5.88 Å².